The highest BCUT2D eigenvalue weighted by molar-refractivity contribution is 6.34. The second kappa shape index (κ2) is 10.1. The first kappa shape index (κ1) is 27.7. The first-order valence-corrected chi connectivity index (χ1v) is 16.7. The van der Waals surface area contributed by atoms with E-state index in [1.54, 1.807) is 0 Å². The average Bonchev–Trinajstić information content (AvgIpc) is 3.39. The maximum atomic E-state index is 9.59. The van der Waals surface area contributed by atoms with Crippen molar-refractivity contribution in [2.75, 3.05) is 0 Å². The molecule has 0 unspecified atom stereocenters. The summed E-state index contributed by atoms with van der Waals surface area (Å²) in [5.41, 5.74) is 11.7. The fraction of sp³-hybridized carbons (Fsp3) is 0.0652. The third-order valence-corrected chi connectivity index (χ3v) is 10.7. The number of nitriles is 1. The highest BCUT2D eigenvalue weighted by Gasteiger charge is 2.35. The van der Waals surface area contributed by atoms with Gasteiger partial charge in [-0.15, -0.1) is 0 Å². The summed E-state index contributed by atoms with van der Waals surface area (Å²) in [4.78, 5) is 10.5. The number of fused-ring (bicyclic) bond motifs is 13. The summed E-state index contributed by atoms with van der Waals surface area (Å²) in [7, 11) is 0. The Morgan fingerprint density at radius 2 is 1.20 bits per heavy atom. The molecule has 0 fully saturated rings. The average molecular weight is 624 g/mol. The molecule has 49 heavy (non-hydrogen) atoms. The third kappa shape index (κ3) is 3.89. The topological polar surface area (TPSA) is 49.6 Å². The molecule has 1 aliphatic rings. The van der Waals surface area contributed by atoms with Crippen LogP contribution in [0.2, 0.25) is 0 Å². The Bertz CT molecular complexity index is 2920. The van der Waals surface area contributed by atoms with E-state index in [0.717, 1.165) is 60.3 Å². The van der Waals surface area contributed by atoms with Crippen molar-refractivity contribution in [3.63, 3.8) is 0 Å². The maximum absolute atomic E-state index is 9.59. The normalized spacial score (nSPS) is 13.2. The molecule has 3 nitrogen and oxygen atoms in total. The van der Waals surface area contributed by atoms with Crippen LogP contribution in [-0.2, 0) is 5.41 Å². The standard InChI is InChI=1S/C46H29N3/c1-46(2)39-23-27(26-47)16-19-34(39)35-20-18-30(25-40(35)46)29-9-7-10-31(24-29)43-38-21-17-28-11-8-22-48-44(28)42(38)41-36-14-5-3-12-32(36)33-13-4-6-15-37(33)45(41)49-43/h3-25H,1-2H3. The molecule has 0 saturated carbocycles. The predicted octanol–water partition coefficient (Wildman–Crippen LogP) is 11.8. The van der Waals surface area contributed by atoms with Crippen LogP contribution in [0, 0.1) is 11.3 Å². The molecular formula is C46H29N3. The molecule has 3 heteroatoms. The van der Waals surface area contributed by atoms with Crippen LogP contribution in [0.5, 0.6) is 0 Å². The molecule has 0 spiro atoms. The van der Waals surface area contributed by atoms with E-state index >= 15 is 0 Å². The van der Waals surface area contributed by atoms with Crippen LogP contribution < -0.4 is 0 Å². The predicted molar refractivity (Wildman–Crippen MR) is 203 cm³/mol. The van der Waals surface area contributed by atoms with Crippen molar-refractivity contribution in [2.24, 2.45) is 0 Å². The van der Waals surface area contributed by atoms with Gasteiger partial charge in [-0.3, -0.25) is 4.98 Å². The molecule has 2 aromatic heterocycles. The number of pyridine rings is 2. The van der Waals surface area contributed by atoms with Crippen LogP contribution in [0.4, 0.5) is 0 Å². The Morgan fingerprint density at radius 3 is 2.02 bits per heavy atom. The minimum absolute atomic E-state index is 0.209. The van der Waals surface area contributed by atoms with Gasteiger partial charge in [0.15, 0.2) is 0 Å². The quantitative estimate of drug-likeness (QED) is 0.180. The van der Waals surface area contributed by atoms with E-state index in [1.165, 1.54) is 38.4 Å². The van der Waals surface area contributed by atoms with Gasteiger partial charge in [0.05, 0.1) is 28.4 Å². The summed E-state index contributed by atoms with van der Waals surface area (Å²) < 4.78 is 0. The Labute approximate surface area is 283 Å². The molecule has 0 atom stereocenters. The van der Waals surface area contributed by atoms with Crippen LogP contribution in [0.3, 0.4) is 0 Å². The van der Waals surface area contributed by atoms with Crippen molar-refractivity contribution in [3.05, 3.63) is 156 Å². The zero-order valence-corrected chi connectivity index (χ0v) is 27.1. The molecule has 0 bridgehead atoms. The lowest BCUT2D eigenvalue weighted by molar-refractivity contribution is 0.660. The van der Waals surface area contributed by atoms with Crippen molar-refractivity contribution in [1.82, 2.24) is 9.97 Å². The number of hydrogen-bond donors (Lipinski definition) is 0. The number of hydrogen-bond acceptors (Lipinski definition) is 3. The van der Waals surface area contributed by atoms with E-state index in [4.69, 9.17) is 9.97 Å². The molecule has 9 aromatic rings. The number of rotatable bonds is 2. The van der Waals surface area contributed by atoms with Gasteiger partial charge in [-0.1, -0.05) is 117 Å². The van der Waals surface area contributed by atoms with E-state index in [2.05, 4.69) is 141 Å². The lowest BCUT2D eigenvalue weighted by Gasteiger charge is -2.22. The molecule has 228 valence electrons. The summed E-state index contributed by atoms with van der Waals surface area (Å²) in [5, 5.41) is 18.8. The Morgan fingerprint density at radius 1 is 0.531 bits per heavy atom. The third-order valence-electron chi connectivity index (χ3n) is 10.7. The van der Waals surface area contributed by atoms with Crippen LogP contribution >= 0.6 is 0 Å². The molecule has 2 heterocycles. The fourth-order valence-electron chi connectivity index (χ4n) is 8.31. The summed E-state index contributed by atoms with van der Waals surface area (Å²) in [6.07, 6.45) is 1.90. The van der Waals surface area contributed by atoms with Gasteiger partial charge in [0.25, 0.3) is 0 Å². The SMILES string of the molecule is CC1(C)c2cc(C#N)ccc2-c2ccc(-c3cccc(-c4nc5c6ccccc6c6ccccc6c5c5c4ccc4cccnc45)c3)cc21. The summed E-state index contributed by atoms with van der Waals surface area (Å²) in [6, 6.07) is 49.9. The van der Waals surface area contributed by atoms with Crippen molar-refractivity contribution in [3.8, 4) is 39.6 Å². The lowest BCUT2D eigenvalue weighted by atomic mass is 9.81. The molecule has 0 saturated heterocycles. The van der Waals surface area contributed by atoms with E-state index in [-0.39, 0.29) is 5.41 Å². The first-order valence-electron chi connectivity index (χ1n) is 16.7. The van der Waals surface area contributed by atoms with Gasteiger partial charge in [-0.2, -0.15) is 5.26 Å². The van der Waals surface area contributed by atoms with Crippen molar-refractivity contribution >= 4 is 54.1 Å². The van der Waals surface area contributed by atoms with Crippen molar-refractivity contribution in [1.29, 1.82) is 5.26 Å². The molecule has 10 rings (SSSR count). The summed E-state index contributed by atoms with van der Waals surface area (Å²) in [5.74, 6) is 0. The smallest absolute Gasteiger partial charge is 0.0991 e. The fourth-order valence-corrected chi connectivity index (χ4v) is 8.31. The second-order valence-corrected chi connectivity index (χ2v) is 13.7. The Balaban J connectivity index is 1.24. The molecule has 0 amide bonds. The van der Waals surface area contributed by atoms with Crippen LogP contribution in [0.1, 0.15) is 30.5 Å². The Kier molecular flexibility index (Phi) is 5.69. The highest BCUT2D eigenvalue weighted by atomic mass is 14.7. The zero-order chi connectivity index (χ0) is 32.9. The molecule has 0 radical (unpaired) electrons. The van der Waals surface area contributed by atoms with Crippen LogP contribution in [-0.4, -0.2) is 9.97 Å². The lowest BCUT2D eigenvalue weighted by Crippen LogP contribution is -2.15. The second-order valence-electron chi connectivity index (χ2n) is 13.7. The largest absolute Gasteiger partial charge is 0.256 e. The molecule has 7 aromatic carbocycles. The van der Waals surface area contributed by atoms with E-state index in [1.807, 2.05) is 18.3 Å². The van der Waals surface area contributed by atoms with Crippen LogP contribution in [0.25, 0.3) is 87.6 Å². The van der Waals surface area contributed by atoms with Crippen LogP contribution in [0.15, 0.2) is 140 Å². The molecule has 1 aliphatic carbocycles. The number of aromatic nitrogens is 2. The van der Waals surface area contributed by atoms with Gasteiger partial charge in [-0.25, -0.2) is 4.98 Å². The minimum Gasteiger partial charge on any atom is -0.256 e. The highest BCUT2D eigenvalue weighted by Crippen LogP contribution is 2.50. The monoisotopic (exact) mass is 623 g/mol. The minimum atomic E-state index is -0.209. The molecule has 0 N–H and O–H groups in total. The van der Waals surface area contributed by atoms with Gasteiger partial charge in [-0.05, 0) is 79.9 Å². The van der Waals surface area contributed by atoms with Crippen molar-refractivity contribution in [2.45, 2.75) is 19.3 Å². The zero-order valence-electron chi connectivity index (χ0n) is 27.1. The van der Waals surface area contributed by atoms with Gasteiger partial charge in [0.2, 0.25) is 0 Å². The molecule has 0 aliphatic heterocycles. The van der Waals surface area contributed by atoms with E-state index in [0.29, 0.717) is 5.56 Å². The summed E-state index contributed by atoms with van der Waals surface area (Å²) in [6.45, 7) is 4.52. The van der Waals surface area contributed by atoms with E-state index in [9.17, 15) is 5.26 Å². The van der Waals surface area contributed by atoms with Crippen molar-refractivity contribution < 1.29 is 0 Å². The van der Waals surface area contributed by atoms with Gasteiger partial charge in [0.1, 0.15) is 0 Å². The maximum Gasteiger partial charge on any atom is 0.0991 e. The van der Waals surface area contributed by atoms with Gasteiger partial charge in [0, 0.05) is 44.1 Å². The number of benzene rings is 7. The molecular weight excluding hydrogens is 595 g/mol. The first-order chi connectivity index (χ1) is 24.0. The van der Waals surface area contributed by atoms with Gasteiger partial charge >= 0.3 is 0 Å². The number of nitrogens with zero attached hydrogens (tertiary/aromatic N) is 3. The van der Waals surface area contributed by atoms with E-state index < -0.39 is 0 Å². The van der Waals surface area contributed by atoms with Gasteiger partial charge < -0.3 is 0 Å². The summed E-state index contributed by atoms with van der Waals surface area (Å²) >= 11 is 0. The Hall–Kier alpha value is -6.37.